The predicted octanol–water partition coefficient (Wildman–Crippen LogP) is 3.52. The second kappa shape index (κ2) is 4.45. The Hall–Kier alpha value is -2.13. The molecule has 0 amide bonds. The summed E-state index contributed by atoms with van der Waals surface area (Å²) in [7, 11) is 0. The van der Waals surface area contributed by atoms with Crippen LogP contribution in [0.4, 0.5) is 0 Å². The molecule has 1 heterocycles. The van der Waals surface area contributed by atoms with Crippen LogP contribution in [0.1, 0.15) is 46.8 Å². The van der Waals surface area contributed by atoms with Gasteiger partial charge in [0.15, 0.2) is 5.78 Å². The summed E-state index contributed by atoms with van der Waals surface area (Å²) in [4.78, 5) is 13.1. The molecule has 23 heavy (non-hydrogen) atoms. The largest absolute Gasteiger partial charge is 0.456 e. The van der Waals surface area contributed by atoms with E-state index in [4.69, 9.17) is 4.74 Å². The number of carbonyl (C=O) groups is 1. The van der Waals surface area contributed by atoms with E-state index in [0.29, 0.717) is 28.4 Å². The number of hydrogen-bond donors (Lipinski definition) is 1. The average Bonchev–Trinajstić information content (AvgIpc) is 2.92. The minimum atomic E-state index is -1.72. The van der Waals surface area contributed by atoms with E-state index in [2.05, 4.69) is 20.8 Å². The van der Waals surface area contributed by atoms with Crippen LogP contribution >= 0.6 is 0 Å². The Bertz CT molecular complexity index is 823. The zero-order valence-electron chi connectivity index (χ0n) is 13.2. The lowest BCUT2D eigenvalue weighted by atomic mass is 9.72. The molecular formula is C20H18O3. The molecule has 2 atom stereocenters. The number of fused-ring (bicyclic) bond motifs is 5. The van der Waals surface area contributed by atoms with E-state index in [9.17, 15) is 9.90 Å². The Kier molecular flexibility index (Phi) is 2.80. The molecule has 1 aliphatic carbocycles. The van der Waals surface area contributed by atoms with Crippen LogP contribution in [0.15, 0.2) is 42.5 Å². The van der Waals surface area contributed by atoms with Gasteiger partial charge in [-0.25, -0.2) is 0 Å². The third kappa shape index (κ3) is 1.51. The molecule has 3 heteroatoms. The summed E-state index contributed by atoms with van der Waals surface area (Å²) in [5.74, 6) is -0.995. The third-order valence-corrected chi connectivity index (χ3v) is 5.09. The summed E-state index contributed by atoms with van der Waals surface area (Å²) in [6, 6.07) is 12.8. The van der Waals surface area contributed by atoms with Gasteiger partial charge in [0.1, 0.15) is 11.2 Å². The van der Waals surface area contributed by atoms with Crippen molar-refractivity contribution in [2.45, 2.75) is 31.0 Å². The van der Waals surface area contributed by atoms with Gasteiger partial charge in [0, 0.05) is 16.7 Å². The van der Waals surface area contributed by atoms with Crippen LogP contribution in [-0.4, -0.2) is 10.9 Å². The molecule has 0 aromatic heterocycles. The molecule has 116 valence electrons. The number of Topliss-reactive ketones (excluding diaryl/α,β-unsaturated/α-hetero) is 1. The van der Waals surface area contributed by atoms with Gasteiger partial charge in [-0.2, -0.15) is 0 Å². The first kappa shape index (κ1) is 14.5. The quantitative estimate of drug-likeness (QED) is 0.923. The Labute approximate surface area is 135 Å². The summed E-state index contributed by atoms with van der Waals surface area (Å²) in [6.07, 6.45) is 1.52. The zero-order valence-corrected chi connectivity index (χ0v) is 13.2. The second-order valence-electron chi connectivity index (χ2n) is 6.54. The number of aliphatic hydroxyl groups is 1. The first-order valence-corrected chi connectivity index (χ1v) is 7.79. The molecule has 2 unspecified atom stereocenters. The van der Waals surface area contributed by atoms with Crippen LogP contribution in [0.2, 0.25) is 0 Å². The van der Waals surface area contributed by atoms with Gasteiger partial charge < -0.3 is 9.84 Å². The van der Waals surface area contributed by atoms with Gasteiger partial charge in [-0.3, -0.25) is 4.79 Å². The number of ether oxygens (including phenoxy) is 1. The molecule has 2 radical (unpaired) electrons. The summed E-state index contributed by atoms with van der Waals surface area (Å²) < 4.78 is 5.96. The van der Waals surface area contributed by atoms with E-state index in [1.165, 1.54) is 6.42 Å². The third-order valence-electron chi connectivity index (χ3n) is 5.09. The highest BCUT2D eigenvalue weighted by Crippen LogP contribution is 2.60. The molecule has 3 nitrogen and oxygen atoms in total. The van der Waals surface area contributed by atoms with Gasteiger partial charge in [0.2, 0.25) is 0 Å². The van der Waals surface area contributed by atoms with Gasteiger partial charge in [-0.1, -0.05) is 50.2 Å². The van der Waals surface area contributed by atoms with E-state index in [-0.39, 0.29) is 5.78 Å². The Morgan fingerprint density at radius 3 is 2.61 bits per heavy atom. The van der Waals surface area contributed by atoms with Crippen LogP contribution in [-0.2, 0) is 11.2 Å². The van der Waals surface area contributed by atoms with E-state index >= 15 is 0 Å². The fourth-order valence-corrected chi connectivity index (χ4v) is 3.80. The number of rotatable bonds is 2. The molecule has 1 aliphatic heterocycles. The Balaban J connectivity index is 2.00. The number of hydrogen-bond acceptors (Lipinski definition) is 3. The minimum absolute atomic E-state index is 0.165. The van der Waals surface area contributed by atoms with Crippen molar-refractivity contribution in [1.82, 2.24) is 0 Å². The Morgan fingerprint density at radius 2 is 1.91 bits per heavy atom. The summed E-state index contributed by atoms with van der Waals surface area (Å²) in [5.41, 5.74) is 1.51. The van der Waals surface area contributed by atoms with Crippen molar-refractivity contribution in [1.29, 1.82) is 0 Å². The van der Waals surface area contributed by atoms with Crippen LogP contribution in [0.5, 0.6) is 5.75 Å². The normalized spacial score (nSPS) is 27.6. The molecule has 4 rings (SSSR count). The van der Waals surface area contributed by atoms with E-state index in [0.717, 1.165) is 5.56 Å². The molecular weight excluding hydrogens is 288 g/mol. The molecule has 0 saturated heterocycles. The minimum Gasteiger partial charge on any atom is -0.456 e. The summed E-state index contributed by atoms with van der Waals surface area (Å²) >= 11 is 0. The van der Waals surface area contributed by atoms with Crippen LogP contribution < -0.4 is 4.74 Å². The summed E-state index contributed by atoms with van der Waals surface area (Å²) in [5, 5.41) is 11.3. The molecule has 0 saturated carbocycles. The number of ketones is 1. The zero-order chi connectivity index (χ0) is 16.4. The second-order valence-corrected chi connectivity index (χ2v) is 6.54. The molecule has 0 spiro atoms. The lowest BCUT2D eigenvalue weighted by molar-refractivity contribution is -0.155. The molecule has 0 bridgehead atoms. The van der Waals surface area contributed by atoms with Gasteiger partial charge >= 0.3 is 0 Å². The standard InChI is InChI=1S/C20H18O3/c1-4-19-16-10-9-13(12(2)3)11-17(16)23-20(19,22)15-8-6-5-7-14(15)18(19)21/h4-12,22H,1H2,2-3H3. The van der Waals surface area contributed by atoms with Crippen molar-refractivity contribution >= 4 is 5.78 Å². The van der Waals surface area contributed by atoms with Crippen LogP contribution in [0.3, 0.4) is 0 Å². The topological polar surface area (TPSA) is 46.5 Å². The first-order valence-electron chi connectivity index (χ1n) is 7.79. The molecule has 2 aromatic carbocycles. The monoisotopic (exact) mass is 306 g/mol. The maximum Gasteiger partial charge on any atom is 0.253 e. The predicted molar refractivity (Wildman–Crippen MR) is 87.2 cm³/mol. The van der Waals surface area contributed by atoms with E-state index in [1.807, 2.05) is 18.2 Å². The lowest BCUT2D eigenvalue weighted by Crippen LogP contribution is -2.48. The Morgan fingerprint density at radius 1 is 1.17 bits per heavy atom. The van der Waals surface area contributed by atoms with Crippen molar-refractivity contribution in [2.75, 3.05) is 0 Å². The molecule has 2 aliphatic rings. The lowest BCUT2D eigenvalue weighted by Gasteiger charge is -2.32. The first-order chi connectivity index (χ1) is 11.0. The molecule has 2 aromatic rings. The smallest absolute Gasteiger partial charge is 0.253 e. The maximum absolute atomic E-state index is 13.1. The molecule has 0 fully saturated rings. The highest BCUT2D eigenvalue weighted by atomic mass is 16.6. The fourth-order valence-electron chi connectivity index (χ4n) is 3.80. The van der Waals surface area contributed by atoms with Crippen molar-refractivity contribution in [3.8, 4) is 5.75 Å². The van der Waals surface area contributed by atoms with Crippen molar-refractivity contribution < 1.29 is 14.6 Å². The summed E-state index contributed by atoms with van der Waals surface area (Å²) in [6.45, 7) is 8.04. The van der Waals surface area contributed by atoms with Crippen LogP contribution in [0, 0.1) is 13.3 Å². The van der Waals surface area contributed by atoms with Gasteiger partial charge in [0.25, 0.3) is 5.79 Å². The fraction of sp³-hybridized carbons (Fsp3) is 0.250. The number of benzene rings is 2. The van der Waals surface area contributed by atoms with Gasteiger partial charge in [0.05, 0.1) is 0 Å². The van der Waals surface area contributed by atoms with Gasteiger partial charge in [-0.05, 0) is 30.9 Å². The van der Waals surface area contributed by atoms with E-state index in [1.54, 1.807) is 24.3 Å². The van der Waals surface area contributed by atoms with Crippen molar-refractivity contribution in [2.24, 2.45) is 0 Å². The molecule has 1 N–H and O–H groups in total. The maximum atomic E-state index is 13.1. The van der Waals surface area contributed by atoms with E-state index < -0.39 is 11.2 Å². The van der Waals surface area contributed by atoms with Crippen molar-refractivity contribution in [3.63, 3.8) is 0 Å². The van der Waals surface area contributed by atoms with Gasteiger partial charge in [-0.15, -0.1) is 0 Å². The highest BCUT2D eigenvalue weighted by molar-refractivity contribution is 6.12. The average molecular weight is 306 g/mol. The SMILES string of the molecule is [CH2][CH]C12C(=O)c3ccccc3C1(O)Oc1cc(C(C)C)ccc12. The highest BCUT2D eigenvalue weighted by Gasteiger charge is 2.69. The number of carbonyl (C=O) groups excluding carboxylic acids is 1. The van der Waals surface area contributed by atoms with Crippen LogP contribution in [0.25, 0.3) is 0 Å². The van der Waals surface area contributed by atoms with Crippen molar-refractivity contribution in [3.05, 3.63) is 78.1 Å².